The first-order valence-electron chi connectivity index (χ1n) is 9.61. The van der Waals surface area contributed by atoms with Crippen LogP contribution in [0.5, 0.6) is 0 Å². The van der Waals surface area contributed by atoms with Crippen LogP contribution >= 0.6 is 0 Å². The van der Waals surface area contributed by atoms with E-state index in [1.54, 1.807) is 0 Å². The summed E-state index contributed by atoms with van der Waals surface area (Å²) in [6.07, 6.45) is 10.2. The van der Waals surface area contributed by atoms with Gasteiger partial charge in [-0.3, -0.25) is 4.90 Å². The number of piperidine rings is 1. The van der Waals surface area contributed by atoms with Crippen molar-refractivity contribution >= 4 is 0 Å². The Hall–Kier alpha value is -0.0800. The molecule has 0 bridgehead atoms. The van der Waals surface area contributed by atoms with Crippen molar-refractivity contribution < 1.29 is 0 Å². The molecule has 3 atom stereocenters. The Labute approximate surface area is 132 Å². The third-order valence-electron chi connectivity index (χ3n) is 6.78. The summed E-state index contributed by atoms with van der Waals surface area (Å²) in [6.45, 7) is 11.3. The van der Waals surface area contributed by atoms with Crippen molar-refractivity contribution in [1.29, 1.82) is 0 Å². The summed E-state index contributed by atoms with van der Waals surface area (Å²) >= 11 is 0. The lowest BCUT2D eigenvalue weighted by Crippen LogP contribution is -2.55. The second kappa shape index (κ2) is 7.00. The minimum atomic E-state index is 0.745. The lowest BCUT2D eigenvalue weighted by Gasteiger charge is -2.47. The molecule has 3 aliphatic rings. The van der Waals surface area contributed by atoms with Crippen LogP contribution in [0.1, 0.15) is 65.7 Å². The number of hydrogen-bond acceptors (Lipinski definition) is 2. The number of hydrogen-bond donors (Lipinski definition) is 1. The Balaban J connectivity index is 1.54. The van der Waals surface area contributed by atoms with E-state index >= 15 is 0 Å². The molecule has 0 spiro atoms. The van der Waals surface area contributed by atoms with Gasteiger partial charge in [-0.2, -0.15) is 0 Å². The van der Waals surface area contributed by atoms with Crippen LogP contribution in [0.15, 0.2) is 0 Å². The molecule has 1 heterocycles. The van der Waals surface area contributed by atoms with E-state index in [2.05, 4.69) is 31.0 Å². The van der Waals surface area contributed by atoms with Gasteiger partial charge in [-0.15, -0.1) is 0 Å². The Morgan fingerprint density at radius 3 is 2.19 bits per heavy atom. The SMILES string of the molecule is CC(C)C1CC(NCC2CCC2)CN(C(C)C2CCC2)C1. The molecule has 122 valence electrons. The molecule has 3 fully saturated rings. The second-order valence-electron chi connectivity index (χ2n) is 8.53. The highest BCUT2D eigenvalue weighted by Gasteiger charge is 2.35. The van der Waals surface area contributed by atoms with E-state index in [4.69, 9.17) is 0 Å². The summed E-state index contributed by atoms with van der Waals surface area (Å²) in [6, 6.07) is 1.56. The summed E-state index contributed by atoms with van der Waals surface area (Å²) in [5, 5.41) is 3.93. The smallest absolute Gasteiger partial charge is 0.0198 e. The third-order valence-corrected chi connectivity index (χ3v) is 6.78. The molecular formula is C19H36N2. The molecule has 2 heteroatoms. The van der Waals surface area contributed by atoms with Gasteiger partial charge in [-0.05, 0) is 69.2 Å². The summed E-state index contributed by atoms with van der Waals surface area (Å²) in [5.41, 5.74) is 0. The zero-order chi connectivity index (χ0) is 14.8. The molecule has 2 aliphatic carbocycles. The van der Waals surface area contributed by atoms with Gasteiger partial charge >= 0.3 is 0 Å². The average Bonchev–Trinajstić information content (AvgIpc) is 2.34. The van der Waals surface area contributed by atoms with E-state index in [1.165, 1.54) is 64.6 Å². The zero-order valence-corrected chi connectivity index (χ0v) is 14.5. The number of nitrogens with zero attached hydrogens (tertiary/aromatic N) is 1. The van der Waals surface area contributed by atoms with Crippen molar-refractivity contribution in [3.8, 4) is 0 Å². The Morgan fingerprint density at radius 2 is 1.67 bits per heavy atom. The fourth-order valence-corrected chi connectivity index (χ4v) is 4.39. The maximum atomic E-state index is 3.93. The summed E-state index contributed by atoms with van der Waals surface area (Å²) in [4.78, 5) is 2.83. The number of nitrogens with one attached hydrogen (secondary N) is 1. The molecule has 2 nitrogen and oxygen atoms in total. The topological polar surface area (TPSA) is 15.3 Å². The van der Waals surface area contributed by atoms with Crippen LogP contribution in [-0.4, -0.2) is 36.6 Å². The minimum Gasteiger partial charge on any atom is -0.312 e. The van der Waals surface area contributed by atoms with Gasteiger partial charge in [0.1, 0.15) is 0 Å². The molecule has 0 aromatic rings. The van der Waals surface area contributed by atoms with E-state index in [1.807, 2.05) is 0 Å². The monoisotopic (exact) mass is 292 g/mol. The number of likely N-dealkylation sites (tertiary alicyclic amines) is 1. The van der Waals surface area contributed by atoms with Crippen molar-refractivity contribution in [2.24, 2.45) is 23.7 Å². The van der Waals surface area contributed by atoms with Gasteiger partial charge in [0.15, 0.2) is 0 Å². The first kappa shape index (κ1) is 15.8. The van der Waals surface area contributed by atoms with Crippen LogP contribution in [0.4, 0.5) is 0 Å². The molecule has 0 radical (unpaired) electrons. The first-order chi connectivity index (χ1) is 10.1. The largest absolute Gasteiger partial charge is 0.312 e. The maximum absolute atomic E-state index is 3.93. The molecule has 1 N–H and O–H groups in total. The highest BCUT2D eigenvalue weighted by Crippen LogP contribution is 2.35. The second-order valence-corrected chi connectivity index (χ2v) is 8.53. The molecule has 0 aromatic carbocycles. The van der Waals surface area contributed by atoms with Crippen molar-refractivity contribution in [2.45, 2.75) is 77.8 Å². The van der Waals surface area contributed by atoms with Crippen molar-refractivity contribution in [2.75, 3.05) is 19.6 Å². The zero-order valence-electron chi connectivity index (χ0n) is 14.5. The highest BCUT2D eigenvalue weighted by molar-refractivity contribution is 4.91. The van der Waals surface area contributed by atoms with Crippen molar-refractivity contribution in [3.05, 3.63) is 0 Å². The molecule has 3 unspecified atom stereocenters. The molecule has 21 heavy (non-hydrogen) atoms. The molecule has 0 aromatic heterocycles. The predicted octanol–water partition coefficient (Wildman–Crippen LogP) is 3.91. The van der Waals surface area contributed by atoms with Gasteiger partial charge in [0, 0.05) is 25.2 Å². The van der Waals surface area contributed by atoms with E-state index in [0.29, 0.717) is 0 Å². The van der Waals surface area contributed by atoms with Gasteiger partial charge in [0.05, 0.1) is 0 Å². The summed E-state index contributed by atoms with van der Waals surface area (Å²) < 4.78 is 0. The minimum absolute atomic E-state index is 0.745. The van der Waals surface area contributed by atoms with E-state index in [-0.39, 0.29) is 0 Å². The van der Waals surface area contributed by atoms with E-state index < -0.39 is 0 Å². The van der Waals surface area contributed by atoms with Crippen LogP contribution in [-0.2, 0) is 0 Å². The Bertz CT molecular complexity index is 320. The normalized spacial score (nSPS) is 33.7. The lowest BCUT2D eigenvalue weighted by atomic mass is 9.77. The molecule has 3 rings (SSSR count). The van der Waals surface area contributed by atoms with Crippen LogP contribution in [0.3, 0.4) is 0 Å². The Kier molecular flexibility index (Phi) is 5.27. The third kappa shape index (κ3) is 3.82. The molecule has 0 amide bonds. The van der Waals surface area contributed by atoms with Gasteiger partial charge < -0.3 is 5.32 Å². The quantitative estimate of drug-likeness (QED) is 0.798. The molecule has 1 aliphatic heterocycles. The standard InChI is InChI=1S/C19H36N2/c1-14(2)18-10-19(20-11-16-6-4-7-16)13-21(12-18)15(3)17-8-5-9-17/h14-20H,4-13H2,1-3H3. The lowest BCUT2D eigenvalue weighted by molar-refractivity contribution is 0.0382. The fourth-order valence-electron chi connectivity index (χ4n) is 4.39. The average molecular weight is 293 g/mol. The highest BCUT2D eigenvalue weighted by atomic mass is 15.2. The van der Waals surface area contributed by atoms with Gasteiger partial charge in [-0.1, -0.05) is 26.7 Å². The van der Waals surface area contributed by atoms with E-state index in [0.717, 1.165) is 35.8 Å². The van der Waals surface area contributed by atoms with Crippen LogP contribution < -0.4 is 5.32 Å². The molecule has 1 saturated heterocycles. The van der Waals surface area contributed by atoms with Crippen molar-refractivity contribution in [1.82, 2.24) is 10.2 Å². The maximum Gasteiger partial charge on any atom is 0.0198 e. The predicted molar refractivity (Wildman–Crippen MR) is 90.5 cm³/mol. The van der Waals surface area contributed by atoms with Gasteiger partial charge in [0.25, 0.3) is 0 Å². The van der Waals surface area contributed by atoms with Crippen LogP contribution in [0.25, 0.3) is 0 Å². The number of rotatable bonds is 6. The molecule has 2 saturated carbocycles. The van der Waals surface area contributed by atoms with Crippen molar-refractivity contribution in [3.63, 3.8) is 0 Å². The fraction of sp³-hybridized carbons (Fsp3) is 1.00. The van der Waals surface area contributed by atoms with Gasteiger partial charge in [-0.25, -0.2) is 0 Å². The summed E-state index contributed by atoms with van der Waals surface area (Å²) in [5.74, 6) is 3.69. The molecular weight excluding hydrogens is 256 g/mol. The summed E-state index contributed by atoms with van der Waals surface area (Å²) in [7, 11) is 0. The van der Waals surface area contributed by atoms with Crippen LogP contribution in [0, 0.1) is 23.7 Å². The van der Waals surface area contributed by atoms with Gasteiger partial charge in [0.2, 0.25) is 0 Å². The van der Waals surface area contributed by atoms with Crippen LogP contribution in [0.2, 0.25) is 0 Å². The Morgan fingerprint density at radius 1 is 0.952 bits per heavy atom. The van der Waals surface area contributed by atoms with E-state index in [9.17, 15) is 0 Å². The first-order valence-corrected chi connectivity index (χ1v) is 9.61.